The zero-order valence-electron chi connectivity index (χ0n) is 9.48. The van der Waals surface area contributed by atoms with Crippen LogP contribution in [-0.4, -0.2) is 0 Å². The second kappa shape index (κ2) is 4.54. The van der Waals surface area contributed by atoms with E-state index in [1.54, 1.807) is 6.07 Å². The lowest BCUT2D eigenvalue weighted by molar-refractivity contribution is 0.623. The Morgan fingerprint density at radius 1 is 1.12 bits per heavy atom. The third kappa shape index (κ3) is 2.12. The maximum atomic E-state index is 13.4. The molecule has 0 aliphatic heterocycles. The normalized spacial score (nSPS) is 11.0. The molecule has 0 spiro atoms. The molecule has 0 saturated carbocycles. The van der Waals surface area contributed by atoms with Crippen LogP contribution in [0.1, 0.15) is 24.5 Å². The van der Waals surface area contributed by atoms with Gasteiger partial charge < -0.3 is 0 Å². The van der Waals surface area contributed by atoms with Crippen LogP contribution < -0.4 is 0 Å². The number of halogens is 2. The van der Waals surface area contributed by atoms with Crippen LogP contribution in [0.3, 0.4) is 0 Å². The molecule has 0 nitrogen and oxygen atoms in total. The summed E-state index contributed by atoms with van der Waals surface area (Å²) < 4.78 is 13.9. The van der Waals surface area contributed by atoms with E-state index in [9.17, 15) is 4.39 Å². The fourth-order valence-corrected chi connectivity index (χ4v) is 2.35. The van der Waals surface area contributed by atoms with E-state index in [4.69, 9.17) is 0 Å². The van der Waals surface area contributed by atoms with Crippen LogP contribution in [0.5, 0.6) is 0 Å². The molecule has 0 heterocycles. The van der Waals surface area contributed by atoms with Crippen molar-refractivity contribution in [1.82, 2.24) is 0 Å². The van der Waals surface area contributed by atoms with E-state index in [2.05, 4.69) is 41.9 Å². The van der Waals surface area contributed by atoms with Gasteiger partial charge in [-0.05, 0) is 63.3 Å². The summed E-state index contributed by atoms with van der Waals surface area (Å²) in [6, 6.07) is 7.67. The second-order valence-corrected chi connectivity index (χ2v) is 5.00. The highest BCUT2D eigenvalue weighted by Gasteiger charge is 2.05. The fourth-order valence-electron chi connectivity index (χ4n) is 1.99. The molecular weight excluding hydrogens is 267 g/mol. The Kier molecular flexibility index (Phi) is 3.29. The second-order valence-electron chi connectivity index (χ2n) is 4.14. The largest absolute Gasteiger partial charge is 0.206 e. The molecule has 0 aliphatic carbocycles. The lowest BCUT2D eigenvalue weighted by atomic mass is 9.99. The van der Waals surface area contributed by atoms with Crippen LogP contribution in [-0.2, 0) is 6.42 Å². The Bertz CT molecular complexity index is 532. The SMILES string of the molecule is CCCc1cc2cc(Br)c(F)cc2cc1C. The van der Waals surface area contributed by atoms with Crippen LogP contribution >= 0.6 is 15.9 Å². The van der Waals surface area contributed by atoms with E-state index >= 15 is 0 Å². The number of hydrogen-bond acceptors (Lipinski definition) is 0. The molecule has 2 rings (SSSR count). The van der Waals surface area contributed by atoms with Crippen LogP contribution in [0.2, 0.25) is 0 Å². The van der Waals surface area contributed by atoms with Crippen molar-refractivity contribution >= 4 is 26.7 Å². The average Bonchev–Trinajstić information content (AvgIpc) is 2.23. The minimum Gasteiger partial charge on any atom is -0.206 e. The van der Waals surface area contributed by atoms with Gasteiger partial charge in [-0.1, -0.05) is 25.5 Å². The fraction of sp³-hybridized carbons (Fsp3) is 0.286. The third-order valence-electron chi connectivity index (χ3n) is 2.85. The van der Waals surface area contributed by atoms with E-state index in [0.29, 0.717) is 4.47 Å². The highest BCUT2D eigenvalue weighted by molar-refractivity contribution is 9.10. The number of hydrogen-bond donors (Lipinski definition) is 0. The predicted octanol–water partition coefficient (Wildman–Crippen LogP) is 5.00. The Balaban J connectivity index is 2.65. The van der Waals surface area contributed by atoms with Gasteiger partial charge in [0.05, 0.1) is 4.47 Å². The Morgan fingerprint density at radius 2 is 1.81 bits per heavy atom. The molecule has 0 bridgehead atoms. The van der Waals surface area contributed by atoms with Gasteiger partial charge in [-0.3, -0.25) is 0 Å². The topological polar surface area (TPSA) is 0 Å². The summed E-state index contributed by atoms with van der Waals surface area (Å²) >= 11 is 3.22. The molecule has 0 atom stereocenters. The zero-order valence-corrected chi connectivity index (χ0v) is 11.1. The smallest absolute Gasteiger partial charge is 0.138 e. The van der Waals surface area contributed by atoms with Crippen LogP contribution in [0.15, 0.2) is 28.7 Å². The van der Waals surface area contributed by atoms with E-state index in [1.807, 2.05) is 6.07 Å². The first-order valence-electron chi connectivity index (χ1n) is 5.50. The highest BCUT2D eigenvalue weighted by atomic mass is 79.9. The van der Waals surface area contributed by atoms with Crippen molar-refractivity contribution in [3.63, 3.8) is 0 Å². The number of rotatable bonds is 2. The van der Waals surface area contributed by atoms with Crippen molar-refractivity contribution in [3.05, 3.63) is 45.7 Å². The van der Waals surface area contributed by atoms with Gasteiger partial charge in [0.15, 0.2) is 0 Å². The standard InChI is InChI=1S/C14H14BrF/c1-3-4-10-6-12-7-13(15)14(16)8-11(12)5-9(10)2/h5-8H,3-4H2,1-2H3. The molecule has 0 radical (unpaired) electrons. The molecule has 0 fully saturated rings. The Morgan fingerprint density at radius 3 is 2.50 bits per heavy atom. The molecule has 16 heavy (non-hydrogen) atoms. The van der Waals surface area contributed by atoms with Gasteiger partial charge in [0.2, 0.25) is 0 Å². The molecule has 0 unspecified atom stereocenters. The molecule has 2 aromatic rings. The minimum absolute atomic E-state index is 0.199. The van der Waals surface area contributed by atoms with Gasteiger partial charge in [-0.2, -0.15) is 0 Å². The van der Waals surface area contributed by atoms with E-state index in [-0.39, 0.29) is 5.82 Å². The summed E-state index contributed by atoms with van der Waals surface area (Å²) in [5.74, 6) is -0.199. The summed E-state index contributed by atoms with van der Waals surface area (Å²) in [6.07, 6.45) is 2.21. The first-order chi connectivity index (χ1) is 7.61. The van der Waals surface area contributed by atoms with Gasteiger partial charge in [-0.25, -0.2) is 4.39 Å². The highest BCUT2D eigenvalue weighted by Crippen LogP contribution is 2.26. The molecule has 0 N–H and O–H groups in total. The van der Waals surface area contributed by atoms with E-state index in [1.165, 1.54) is 11.1 Å². The lowest BCUT2D eigenvalue weighted by Gasteiger charge is -2.08. The quantitative estimate of drug-likeness (QED) is 0.726. The van der Waals surface area contributed by atoms with Crippen molar-refractivity contribution in [2.24, 2.45) is 0 Å². The van der Waals surface area contributed by atoms with Crippen LogP contribution in [0.4, 0.5) is 4.39 Å². The summed E-state index contributed by atoms with van der Waals surface area (Å²) in [5.41, 5.74) is 2.60. The predicted molar refractivity (Wildman–Crippen MR) is 70.3 cm³/mol. The van der Waals surface area contributed by atoms with Gasteiger partial charge in [0, 0.05) is 0 Å². The van der Waals surface area contributed by atoms with Crippen molar-refractivity contribution in [1.29, 1.82) is 0 Å². The molecule has 0 aromatic heterocycles. The van der Waals surface area contributed by atoms with Crippen molar-refractivity contribution in [3.8, 4) is 0 Å². The van der Waals surface area contributed by atoms with Gasteiger partial charge in [-0.15, -0.1) is 0 Å². The van der Waals surface area contributed by atoms with Crippen LogP contribution in [0.25, 0.3) is 10.8 Å². The Labute approximate surface area is 104 Å². The Hall–Kier alpha value is -0.890. The first kappa shape index (κ1) is 11.6. The summed E-state index contributed by atoms with van der Waals surface area (Å²) in [4.78, 5) is 0. The monoisotopic (exact) mass is 280 g/mol. The van der Waals surface area contributed by atoms with Gasteiger partial charge >= 0.3 is 0 Å². The van der Waals surface area contributed by atoms with E-state index in [0.717, 1.165) is 23.6 Å². The number of aryl methyl sites for hydroxylation is 2. The van der Waals surface area contributed by atoms with Crippen molar-refractivity contribution < 1.29 is 4.39 Å². The van der Waals surface area contributed by atoms with Crippen molar-refractivity contribution in [2.75, 3.05) is 0 Å². The lowest BCUT2D eigenvalue weighted by Crippen LogP contribution is -1.90. The van der Waals surface area contributed by atoms with Gasteiger partial charge in [0.1, 0.15) is 5.82 Å². The summed E-state index contributed by atoms with van der Waals surface area (Å²) in [5, 5.41) is 2.07. The first-order valence-corrected chi connectivity index (χ1v) is 6.29. The average molecular weight is 281 g/mol. The van der Waals surface area contributed by atoms with Gasteiger partial charge in [0.25, 0.3) is 0 Å². The summed E-state index contributed by atoms with van der Waals surface area (Å²) in [6.45, 7) is 4.26. The molecular formula is C14H14BrF. The number of fused-ring (bicyclic) bond motifs is 1. The maximum absolute atomic E-state index is 13.4. The molecule has 0 aliphatic rings. The maximum Gasteiger partial charge on any atom is 0.138 e. The van der Waals surface area contributed by atoms with E-state index < -0.39 is 0 Å². The van der Waals surface area contributed by atoms with Crippen molar-refractivity contribution in [2.45, 2.75) is 26.7 Å². The zero-order chi connectivity index (χ0) is 11.7. The summed E-state index contributed by atoms with van der Waals surface area (Å²) in [7, 11) is 0. The molecule has 0 saturated heterocycles. The minimum atomic E-state index is -0.199. The molecule has 2 aromatic carbocycles. The molecule has 0 amide bonds. The third-order valence-corrected chi connectivity index (χ3v) is 3.46. The van der Waals surface area contributed by atoms with Crippen LogP contribution in [0, 0.1) is 12.7 Å². The molecule has 84 valence electrons. The molecule has 2 heteroatoms. The number of benzene rings is 2.